The van der Waals surface area contributed by atoms with Gasteiger partial charge in [0.05, 0.1) is 17.5 Å². The minimum atomic E-state index is 0.446. The summed E-state index contributed by atoms with van der Waals surface area (Å²) in [4.78, 5) is 10.6. The Balaban J connectivity index is 2.50. The smallest absolute Gasteiger partial charge is 0.150 e. The van der Waals surface area contributed by atoms with Crippen LogP contribution in [0.15, 0.2) is 36.5 Å². The lowest BCUT2D eigenvalue weighted by Crippen LogP contribution is -1.90. The predicted molar refractivity (Wildman–Crippen MR) is 57.6 cm³/mol. The fourth-order valence-electron chi connectivity index (χ4n) is 1.34. The molecule has 0 saturated carbocycles. The third-order valence-corrected chi connectivity index (χ3v) is 2.10. The number of hydrogen-bond donors (Lipinski definition) is 0. The van der Waals surface area contributed by atoms with Crippen molar-refractivity contribution in [3.8, 4) is 17.3 Å². The van der Waals surface area contributed by atoms with Gasteiger partial charge in [0.1, 0.15) is 12.4 Å². The van der Waals surface area contributed by atoms with Gasteiger partial charge in [0.2, 0.25) is 0 Å². The summed E-state index contributed by atoms with van der Waals surface area (Å²) in [6.07, 6.45) is 2.16. The second kappa shape index (κ2) is 4.32. The highest BCUT2D eigenvalue weighted by molar-refractivity contribution is 5.78. The molecule has 0 bridgehead atoms. The summed E-state index contributed by atoms with van der Waals surface area (Å²) < 4.78 is 0. The van der Waals surface area contributed by atoms with E-state index in [0.29, 0.717) is 16.8 Å². The average molecular weight is 209 g/mol. The van der Waals surface area contributed by atoms with E-state index < -0.39 is 0 Å². The lowest BCUT2D eigenvalue weighted by Gasteiger charge is -2.00. The molecule has 16 heavy (non-hydrogen) atoms. The third kappa shape index (κ3) is 1.93. The van der Waals surface area contributed by atoms with Crippen LogP contribution in [-0.2, 0) is 0 Å². The zero-order valence-electron chi connectivity index (χ0n) is 8.29. The van der Waals surface area contributed by atoms with E-state index in [9.17, 15) is 4.79 Å². The van der Waals surface area contributed by atoms with Crippen LogP contribution in [-0.4, -0.2) is 16.5 Å². The normalized spacial score (nSPS) is 9.44. The highest BCUT2D eigenvalue weighted by Crippen LogP contribution is 2.17. The van der Waals surface area contributed by atoms with Crippen LogP contribution in [0.3, 0.4) is 0 Å². The molecule has 0 spiro atoms. The molecule has 0 amide bonds. The van der Waals surface area contributed by atoms with E-state index in [1.165, 1.54) is 6.20 Å². The number of nitriles is 1. The molecule has 0 atom stereocenters. The molecule has 0 aliphatic heterocycles. The monoisotopic (exact) mass is 209 g/mol. The average Bonchev–Trinajstić information content (AvgIpc) is 2.39. The maximum absolute atomic E-state index is 10.6. The lowest BCUT2D eigenvalue weighted by molar-refractivity contribution is 0.112. The Labute approximate surface area is 92.2 Å². The van der Waals surface area contributed by atoms with Crippen molar-refractivity contribution < 1.29 is 4.79 Å². The quantitative estimate of drug-likeness (QED) is 0.707. The van der Waals surface area contributed by atoms with Crippen molar-refractivity contribution in [2.75, 3.05) is 0 Å². The van der Waals surface area contributed by atoms with Gasteiger partial charge >= 0.3 is 0 Å². The van der Waals surface area contributed by atoms with E-state index in [2.05, 4.69) is 10.2 Å². The highest BCUT2D eigenvalue weighted by atomic mass is 16.1. The molecule has 76 valence electrons. The Morgan fingerprint density at radius 2 is 2.19 bits per heavy atom. The van der Waals surface area contributed by atoms with Crippen LogP contribution in [0, 0.1) is 11.3 Å². The van der Waals surface area contributed by atoms with Gasteiger partial charge in [-0.25, -0.2) is 0 Å². The molecule has 0 radical (unpaired) electrons. The fraction of sp³-hybridized carbons (Fsp3) is 0. The lowest BCUT2D eigenvalue weighted by atomic mass is 10.1. The maximum atomic E-state index is 10.6. The van der Waals surface area contributed by atoms with Crippen LogP contribution in [0.1, 0.15) is 15.9 Å². The Morgan fingerprint density at radius 3 is 2.94 bits per heavy atom. The Kier molecular flexibility index (Phi) is 2.70. The van der Waals surface area contributed by atoms with Crippen LogP contribution >= 0.6 is 0 Å². The second-order valence-corrected chi connectivity index (χ2v) is 3.18. The van der Waals surface area contributed by atoms with E-state index >= 15 is 0 Å². The molecule has 0 saturated heterocycles. The van der Waals surface area contributed by atoms with Crippen molar-refractivity contribution in [2.24, 2.45) is 0 Å². The topological polar surface area (TPSA) is 66.6 Å². The standard InChI is InChI=1S/C12H7N3O/c13-6-10-5-12(15-14-7-10)11-3-1-2-9(4-11)8-16/h1-5,7-8H. The summed E-state index contributed by atoms with van der Waals surface area (Å²) in [6.45, 7) is 0. The zero-order chi connectivity index (χ0) is 11.4. The molecule has 4 heteroatoms. The summed E-state index contributed by atoms with van der Waals surface area (Å²) in [5, 5.41) is 16.4. The minimum absolute atomic E-state index is 0.446. The first kappa shape index (κ1) is 9.99. The molecule has 1 aromatic carbocycles. The molecule has 0 fully saturated rings. The highest BCUT2D eigenvalue weighted by Gasteiger charge is 2.02. The number of aldehydes is 1. The predicted octanol–water partition coefficient (Wildman–Crippen LogP) is 1.83. The molecular formula is C12H7N3O. The van der Waals surface area contributed by atoms with E-state index in [-0.39, 0.29) is 0 Å². The second-order valence-electron chi connectivity index (χ2n) is 3.18. The van der Waals surface area contributed by atoms with E-state index in [1.54, 1.807) is 24.3 Å². The van der Waals surface area contributed by atoms with Crippen LogP contribution < -0.4 is 0 Å². The summed E-state index contributed by atoms with van der Waals surface area (Å²) >= 11 is 0. The number of nitrogens with zero attached hydrogens (tertiary/aromatic N) is 3. The van der Waals surface area contributed by atoms with E-state index in [1.807, 2.05) is 12.1 Å². The SMILES string of the molecule is N#Cc1cnnc(-c2cccc(C=O)c2)c1. The van der Waals surface area contributed by atoms with Gasteiger partial charge in [0.15, 0.2) is 0 Å². The summed E-state index contributed by atoms with van der Waals surface area (Å²) in [5.74, 6) is 0. The first-order chi connectivity index (χ1) is 7.83. The molecule has 0 unspecified atom stereocenters. The molecule has 2 aromatic rings. The van der Waals surface area contributed by atoms with Crippen LogP contribution in [0.2, 0.25) is 0 Å². The number of hydrogen-bond acceptors (Lipinski definition) is 4. The van der Waals surface area contributed by atoms with Crippen LogP contribution in [0.25, 0.3) is 11.3 Å². The van der Waals surface area contributed by atoms with E-state index in [0.717, 1.165) is 11.8 Å². The van der Waals surface area contributed by atoms with Gasteiger partial charge in [-0.1, -0.05) is 18.2 Å². The van der Waals surface area contributed by atoms with Crippen molar-refractivity contribution in [3.05, 3.63) is 47.7 Å². The Bertz CT molecular complexity index is 572. The molecule has 1 aromatic heterocycles. The van der Waals surface area contributed by atoms with Crippen molar-refractivity contribution >= 4 is 6.29 Å². The van der Waals surface area contributed by atoms with Gasteiger partial charge in [-0.05, 0) is 12.1 Å². The molecule has 1 heterocycles. The minimum Gasteiger partial charge on any atom is -0.298 e. The number of carbonyl (C=O) groups excluding carboxylic acids is 1. The summed E-state index contributed by atoms with van der Waals surface area (Å²) in [7, 11) is 0. The largest absolute Gasteiger partial charge is 0.298 e. The number of rotatable bonds is 2. The van der Waals surface area contributed by atoms with Crippen LogP contribution in [0.4, 0.5) is 0 Å². The van der Waals surface area contributed by atoms with Crippen molar-refractivity contribution in [3.63, 3.8) is 0 Å². The number of aromatic nitrogens is 2. The maximum Gasteiger partial charge on any atom is 0.150 e. The van der Waals surface area contributed by atoms with Gasteiger partial charge in [-0.15, -0.1) is 0 Å². The van der Waals surface area contributed by atoms with Gasteiger partial charge in [-0.2, -0.15) is 15.5 Å². The molecule has 0 N–H and O–H groups in total. The first-order valence-corrected chi connectivity index (χ1v) is 4.62. The van der Waals surface area contributed by atoms with Gasteiger partial charge in [-0.3, -0.25) is 4.79 Å². The van der Waals surface area contributed by atoms with Crippen molar-refractivity contribution in [1.82, 2.24) is 10.2 Å². The first-order valence-electron chi connectivity index (χ1n) is 4.62. The molecule has 2 rings (SSSR count). The van der Waals surface area contributed by atoms with Gasteiger partial charge in [0.25, 0.3) is 0 Å². The van der Waals surface area contributed by atoms with Crippen molar-refractivity contribution in [2.45, 2.75) is 0 Å². The fourth-order valence-corrected chi connectivity index (χ4v) is 1.34. The summed E-state index contributed by atoms with van der Waals surface area (Å²) in [6, 6.07) is 10.6. The Hall–Kier alpha value is -2.54. The van der Waals surface area contributed by atoms with Crippen LogP contribution in [0.5, 0.6) is 0 Å². The van der Waals surface area contributed by atoms with Crippen molar-refractivity contribution in [1.29, 1.82) is 5.26 Å². The van der Waals surface area contributed by atoms with E-state index in [4.69, 9.17) is 5.26 Å². The van der Waals surface area contributed by atoms with Gasteiger partial charge in [0, 0.05) is 11.1 Å². The Morgan fingerprint density at radius 1 is 1.31 bits per heavy atom. The zero-order valence-corrected chi connectivity index (χ0v) is 8.29. The summed E-state index contributed by atoms with van der Waals surface area (Å²) in [5.41, 5.74) is 2.38. The number of benzene rings is 1. The third-order valence-electron chi connectivity index (χ3n) is 2.10. The molecular weight excluding hydrogens is 202 g/mol. The molecule has 0 aliphatic rings. The number of carbonyl (C=O) groups is 1. The van der Waals surface area contributed by atoms with Gasteiger partial charge < -0.3 is 0 Å². The molecule has 4 nitrogen and oxygen atoms in total. The molecule has 0 aliphatic carbocycles.